The minimum atomic E-state index is 0.313. The maximum atomic E-state index is 9.17. The second kappa shape index (κ2) is 4.82. The van der Waals surface area contributed by atoms with Crippen LogP contribution >= 0.6 is 12.2 Å². The molecule has 1 rings (SSSR count). The summed E-state index contributed by atoms with van der Waals surface area (Å²) in [4.78, 5) is 0.556. The first-order valence-corrected chi connectivity index (χ1v) is 4.65. The third kappa shape index (κ3) is 3.90. The molecule has 2 nitrogen and oxygen atoms in total. The Balaban J connectivity index is 2.41. The third-order valence-electron chi connectivity index (χ3n) is 1.80. The summed E-state index contributed by atoms with van der Waals surface area (Å²) in [6, 6.07) is 7.25. The van der Waals surface area contributed by atoms with Crippen LogP contribution in [0.1, 0.15) is 18.4 Å². The van der Waals surface area contributed by atoms with Crippen molar-refractivity contribution < 1.29 is 5.11 Å². The van der Waals surface area contributed by atoms with Gasteiger partial charge in [-0.15, -0.1) is 0 Å². The molecule has 0 amide bonds. The predicted molar refractivity (Wildman–Crippen MR) is 57.8 cm³/mol. The first kappa shape index (κ1) is 9.99. The van der Waals surface area contributed by atoms with Gasteiger partial charge in [-0.3, -0.25) is 0 Å². The fourth-order valence-electron chi connectivity index (χ4n) is 1.18. The Bertz CT molecular complexity index is 299. The SMILES string of the molecule is NC(=S)CCCc1cccc(O)c1. The Morgan fingerprint density at radius 1 is 1.46 bits per heavy atom. The van der Waals surface area contributed by atoms with E-state index in [-0.39, 0.29) is 0 Å². The molecule has 0 fully saturated rings. The molecule has 3 N–H and O–H groups in total. The minimum absolute atomic E-state index is 0.313. The smallest absolute Gasteiger partial charge is 0.115 e. The van der Waals surface area contributed by atoms with Crippen molar-refractivity contribution >= 4 is 17.2 Å². The Morgan fingerprint density at radius 2 is 2.23 bits per heavy atom. The van der Waals surface area contributed by atoms with Gasteiger partial charge in [0.25, 0.3) is 0 Å². The summed E-state index contributed by atoms with van der Waals surface area (Å²) in [5.41, 5.74) is 6.49. The zero-order valence-electron chi connectivity index (χ0n) is 7.36. The minimum Gasteiger partial charge on any atom is -0.508 e. The van der Waals surface area contributed by atoms with Crippen LogP contribution < -0.4 is 5.73 Å². The molecule has 70 valence electrons. The fraction of sp³-hybridized carbons (Fsp3) is 0.300. The van der Waals surface area contributed by atoms with Gasteiger partial charge in [-0.05, 0) is 37.0 Å². The number of hydrogen-bond acceptors (Lipinski definition) is 2. The van der Waals surface area contributed by atoms with Crippen LogP contribution in [0.5, 0.6) is 5.75 Å². The van der Waals surface area contributed by atoms with E-state index in [2.05, 4.69) is 0 Å². The lowest BCUT2D eigenvalue weighted by atomic mass is 10.1. The van der Waals surface area contributed by atoms with Gasteiger partial charge >= 0.3 is 0 Å². The van der Waals surface area contributed by atoms with Crippen LogP contribution in [-0.4, -0.2) is 10.1 Å². The summed E-state index contributed by atoms with van der Waals surface area (Å²) in [6.07, 6.45) is 2.62. The lowest BCUT2D eigenvalue weighted by Crippen LogP contribution is -2.07. The zero-order valence-corrected chi connectivity index (χ0v) is 8.18. The summed E-state index contributed by atoms with van der Waals surface area (Å²) in [5, 5.41) is 9.17. The molecule has 0 unspecified atom stereocenters. The van der Waals surface area contributed by atoms with Crippen molar-refractivity contribution in [2.24, 2.45) is 5.73 Å². The molecule has 0 aromatic heterocycles. The van der Waals surface area contributed by atoms with Crippen LogP contribution in [0.25, 0.3) is 0 Å². The molecule has 1 aromatic rings. The van der Waals surface area contributed by atoms with Crippen molar-refractivity contribution in [2.45, 2.75) is 19.3 Å². The van der Waals surface area contributed by atoms with Crippen molar-refractivity contribution in [3.63, 3.8) is 0 Å². The second-order valence-electron chi connectivity index (χ2n) is 2.99. The van der Waals surface area contributed by atoms with Crippen molar-refractivity contribution in [2.75, 3.05) is 0 Å². The van der Waals surface area contributed by atoms with Gasteiger partial charge in [0.15, 0.2) is 0 Å². The van der Waals surface area contributed by atoms with Gasteiger partial charge in [0.2, 0.25) is 0 Å². The van der Waals surface area contributed by atoms with E-state index in [1.54, 1.807) is 12.1 Å². The van der Waals surface area contributed by atoms with E-state index in [4.69, 9.17) is 18.0 Å². The first-order valence-electron chi connectivity index (χ1n) is 4.24. The number of aryl methyl sites for hydroxylation is 1. The molecule has 0 spiro atoms. The summed E-state index contributed by atoms with van der Waals surface area (Å²) in [7, 11) is 0. The predicted octanol–water partition coefficient (Wildman–Crippen LogP) is 2.00. The molecule has 0 bridgehead atoms. The molecule has 1 aromatic carbocycles. The van der Waals surface area contributed by atoms with Gasteiger partial charge in [0.1, 0.15) is 5.75 Å². The van der Waals surface area contributed by atoms with Gasteiger partial charge in [0.05, 0.1) is 4.99 Å². The largest absolute Gasteiger partial charge is 0.508 e. The van der Waals surface area contributed by atoms with Crippen molar-refractivity contribution in [1.29, 1.82) is 0 Å². The average molecular weight is 195 g/mol. The highest BCUT2D eigenvalue weighted by Gasteiger charge is 1.95. The molecule has 0 aliphatic heterocycles. The van der Waals surface area contributed by atoms with Gasteiger partial charge in [-0.2, -0.15) is 0 Å². The second-order valence-corrected chi connectivity index (χ2v) is 3.51. The van der Waals surface area contributed by atoms with Crippen LogP contribution in [0.2, 0.25) is 0 Å². The van der Waals surface area contributed by atoms with Gasteiger partial charge < -0.3 is 10.8 Å². The van der Waals surface area contributed by atoms with Crippen molar-refractivity contribution in [3.8, 4) is 5.75 Å². The number of rotatable bonds is 4. The lowest BCUT2D eigenvalue weighted by molar-refractivity contribution is 0.474. The molecule has 0 saturated heterocycles. The maximum Gasteiger partial charge on any atom is 0.115 e. The highest BCUT2D eigenvalue weighted by atomic mass is 32.1. The number of thiocarbonyl (C=S) groups is 1. The first-order chi connectivity index (χ1) is 6.18. The molecule has 0 saturated carbocycles. The molecular weight excluding hydrogens is 182 g/mol. The number of benzene rings is 1. The quantitative estimate of drug-likeness (QED) is 0.722. The maximum absolute atomic E-state index is 9.17. The summed E-state index contributed by atoms with van der Waals surface area (Å²) in [6.45, 7) is 0. The van der Waals surface area contributed by atoms with Crippen LogP contribution in [0, 0.1) is 0 Å². The molecule has 0 radical (unpaired) electrons. The molecule has 13 heavy (non-hydrogen) atoms. The van der Waals surface area contributed by atoms with Crippen LogP contribution in [0.3, 0.4) is 0 Å². The van der Waals surface area contributed by atoms with Crippen molar-refractivity contribution in [1.82, 2.24) is 0 Å². The monoisotopic (exact) mass is 195 g/mol. The Kier molecular flexibility index (Phi) is 3.71. The number of hydrogen-bond donors (Lipinski definition) is 2. The van der Waals surface area contributed by atoms with Crippen LogP contribution in [0.4, 0.5) is 0 Å². The highest BCUT2D eigenvalue weighted by molar-refractivity contribution is 7.80. The van der Waals surface area contributed by atoms with Gasteiger partial charge in [-0.1, -0.05) is 24.4 Å². The number of phenolic OH excluding ortho intramolecular Hbond substituents is 1. The average Bonchev–Trinajstić information content (AvgIpc) is 2.03. The zero-order chi connectivity index (χ0) is 9.68. The van der Waals surface area contributed by atoms with E-state index in [0.717, 1.165) is 24.8 Å². The summed E-state index contributed by atoms with van der Waals surface area (Å²) < 4.78 is 0. The fourth-order valence-corrected chi connectivity index (χ4v) is 1.32. The van der Waals surface area contributed by atoms with E-state index in [1.807, 2.05) is 12.1 Å². The molecule has 0 atom stereocenters. The van der Waals surface area contributed by atoms with Gasteiger partial charge in [-0.25, -0.2) is 0 Å². The third-order valence-corrected chi connectivity index (χ3v) is 2.00. The Labute approximate surface area is 83.4 Å². The van der Waals surface area contributed by atoms with Crippen molar-refractivity contribution in [3.05, 3.63) is 29.8 Å². The van der Waals surface area contributed by atoms with Crippen LogP contribution in [0.15, 0.2) is 24.3 Å². The van der Waals surface area contributed by atoms with E-state index in [9.17, 15) is 5.11 Å². The Hall–Kier alpha value is -1.09. The van der Waals surface area contributed by atoms with E-state index in [0.29, 0.717) is 10.7 Å². The van der Waals surface area contributed by atoms with E-state index >= 15 is 0 Å². The number of nitrogens with two attached hydrogens (primary N) is 1. The molecule has 0 aliphatic rings. The highest BCUT2D eigenvalue weighted by Crippen LogP contribution is 2.12. The number of phenols is 1. The molecule has 0 aliphatic carbocycles. The molecule has 0 heterocycles. The molecular formula is C10H13NOS. The summed E-state index contributed by atoms with van der Waals surface area (Å²) >= 11 is 4.77. The normalized spacial score (nSPS) is 9.85. The topological polar surface area (TPSA) is 46.2 Å². The Morgan fingerprint density at radius 3 is 2.85 bits per heavy atom. The number of aromatic hydroxyl groups is 1. The lowest BCUT2D eigenvalue weighted by Gasteiger charge is -2.00. The van der Waals surface area contributed by atoms with Gasteiger partial charge in [0, 0.05) is 0 Å². The molecule has 3 heteroatoms. The van der Waals surface area contributed by atoms with E-state index < -0.39 is 0 Å². The summed E-state index contributed by atoms with van der Waals surface area (Å²) in [5.74, 6) is 0.313. The van der Waals surface area contributed by atoms with Crippen LogP contribution in [-0.2, 0) is 6.42 Å². The standard InChI is InChI=1S/C10H13NOS/c11-10(13)6-2-4-8-3-1-5-9(12)7-8/h1,3,5,7,12H,2,4,6H2,(H2,11,13). The van der Waals surface area contributed by atoms with E-state index in [1.165, 1.54) is 0 Å².